The maximum atomic E-state index is 5.67. The molecule has 0 saturated carbocycles. The van der Waals surface area contributed by atoms with Crippen molar-refractivity contribution in [2.75, 3.05) is 13.7 Å². The number of likely N-dealkylation sites (tertiary alicyclic amines) is 1. The Kier molecular flexibility index (Phi) is 5.09. The third-order valence-corrected chi connectivity index (χ3v) is 5.72. The van der Waals surface area contributed by atoms with E-state index in [2.05, 4.69) is 35.2 Å². The average molecular weight is 381 g/mol. The minimum Gasteiger partial charge on any atom is -0.497 e. The number of hydrogen-bond donors (Lipinski definition) is 0. The van der Waals surface area contributed by atoms with Gasteiger partial charge in [-0.05, 0) is 42.8 Å². The second kappa shape index (κ2) is 7.66. The molecule has 6 heteroatoms. The highest BCUT2D eigenvalue weighted by Gasteiger charge is 2.26. The van der Waals surface area contributed by atoms with Gasteiger partial charge in [-0.25, -0.2) is 4.68 Å². The van der Waals surface area contributed by atoms with Crippen molar-refractivity contribution in [3.8, 4) is 17.1 Å². The summed E-state index contributed by atoms with van der Waals surface area (Å²) in [5, 5.41) is 4.82. The van der Waals surface area contributed by atoms with Crippen LogP contribution in [0.4, 0.5) is 0 Å². The molecule has 0 aliphatic carbocycles. The van der Waals surface area contributed by atoms with Crippen molar-refractivity contribution < 1.29 is 4.74 Å². The average Bonchev–Trinajstić information content (AvgIpc) is 3.29. The Morgan fingerprint density at radius 1 is 1.15 bits per heavy atom. The molecule has 1 unspecified atom stereocenters. The van der Waals surface area contributed by atoms with E-state index in [9.17, 15) is 0 Å². The van der Waals surface area contributed by atoms with Crippen LogP contribution in [0.5, 0.6) is 5.75 Å². The lowest BCUT2D eigenvalue weighted by Gasteiger charge is -2.24. The molecule has 2 aromatic carbocycles. The van der Waals surface area contributed by atoms with Gasteiger partial charge in [-0.2, -0.15) is 5.10 Å². The zero-order valence-corrected chi connectivity index (χ0v) is 16.5. The summed E-state index contributed by atoms with van der Waals surface area (Å²) in [6.45, 7) is 1.77. The molecular formula is C21H24N4OS. The second-order valence-electron chi connectivity index (χ2n) is 6.92. The topological polar surface area (TPSA) is 35.2 Å². The smallest absolute Gasteiger partial charge is 0.199 e. The maximum Gasteiger partial charge on any atom is 0.199 e. The number of benzene rings is 2. The van der Waals surface area contributed by atoms with E-state index in [0.717, 1.165) is 28.5 Å². The lowest BCUT2D eigenvalue weighted by atomic mass is 10.1. The van der Waals surface area contributed by atoms with Crippen molar-refractivity contribution in [1.82, 2.24) is 19.2 Å². The van der Waals surface area contributed by atoms with Gasteiger partial charge < -0.3 is 9.30 Å². The van der Waals surface area contributed by atoms with Crippen LogP contribution in [-0.2, 0) is 13.7 Å². The van der Waals surface area contributed by atoms with E-state index in [4.69, 9.17) is 22.1 Å². The molecule has 0 amide bonds. The molecular weight excluding hydrogens is 356 g/mol. The van der Waals surface area contributed by atoms with Gasteiger partial charge in [-0.15, -0.1) is 0 Å². The quantitative estimate of drug-likeness (QED) is 0.614. The summed E-state index contributed by atoms with van der Waals surface area (Å²) in [5.41, 5.74) is 2.37. The van der Waals surface area contributed by atoms with E-state index in [1.54, 1.807) is 7.11 Å². The zero-order chi connectivity index (χ0) is 18.8. The van der Waals surface area contributed by atoms with E-state index < -0.39 is 0 Å². The van der Waals surface area contributed by atoms with Gasteiger partial charge in [0.2, 0.25) is 0 Å². The third-order valence-electron chi connectivity index (χ3n) is 5.23. The SMILES string of the molecule is COc1cccc(-c2nn(CN3CCCC3c3ccccc3)c(=S)n2C)c1. The molecule has 0 radical (unpaired) electrons. The van der Waals surface area contributed by atoms with Crippen molar-refractivity contribution >= 4 is 12.2 Å². The molecule has 1 aromatic heterocycles. The number of methoxy groups -OCH3 is 1. The first-order valence-electron chi connectivity index (χ1n) is 9.24. The van der Waals surface area contributed by atoms with Crippen molar-refractivity contribution in [2.24, 2.45) is 7.05 Å². The fourth-order valence-electron chi connectivity index (χ4n) is 3.81. The predicted molar refractivity (Wildman–Crippen MR) is 109 cm³/mol. The number of hydrogen-bond acceptors (Lipinski definition) is 4. The van der Waals surface area contributed by atoms with Crippen LogP contribution in [0, 0.1) is 4.77 Å². The molecule has 2 heterocycles. The molecule has 1 aliphatic rings. The van der Waals surface area contributed by atoms with Gasteiger partial charge in [-0.1, -0.05) is 42.5 Å². The van der Waals surface area contributed by atoms with Crippen LogP contribution in [0.3, 0.4) is 0 Å². The maximum absolute atomic E-state index is 5.67. The molecule has 1 atom stereocenters. The number of ether oxygens (including phenoxy) is 1. The second-order valence-corrected chi connectivity index (χ2v) is 7.28. The summed E-state index contributed by atoms with van der Waals surface area (Å²) >= 11 is 5.67. The Morgan fingerprint density at radius 2 is 1.96 bits per heavy atom. The van der Waals surface area contributed by atoms with Crippen LogP contribution < -0.4 is 4.74 Å². The molecule has 4 rings (SSSR count). The lowest BCUT2D eigenvalue weighted by molar-refractivity contribution is 0.190. The van der Waals surface area contributed by atoms with Gasteiger partial charge >= 0.3 is 0 Å². The van der Waals surface area contributed by atoms with Crippen molar-refractivity contribution in [1.29, 1.82) is 0 Å². The minimum absolute atomic E-state index is 0.426. The van der Waals surface area contributed by atoms with E-state index >= 15 is 0 Å². The molecule has 0 bridgehead atoms. The Balaban J connectivity index is 1.62. The summed E-state index contributed by atoms with van der Waals surface area (Å²) in [4.78, 5) is 2.47. The summed E-state index contributed by atoms with van der Waals surface area (Å²) in [6, 6.07) is 19.1. The van der Waals surface area contributed by atoms with Gasteiger partial charge in [0.15, 0.2) is 10.6 Å². The summed E-state index contributed by atoms with van der Waals surface area (Å²) in [5.74, 6) is 1.67. The summed E-state index contributed by atoms with van der Waals surface area (Å²) in [6.07, 6.45) is 2.37. The molecule has 1 saturated heterocycles. The first-order chi connectivity index (χ1) is 13.2. The molecule has 140 valence electrons. The number of rotatable bonds is 5. The molecule has 0 spiro atoms. The van der Waals surface area contributed by atoms with Crippen LogP contribution in [0.25, 0.3) is 11.4 Å². The normalized spacial score (nSPS) is 17.3. The Morgan fingerprint density at radius 3 is 2.74 bits per heavy atom. The van der Waals surface area contributed by atoms with Crippen LogP contribution >= 0.6 is 12.2 Å². The van der Waals surface area contributed by atoms with Gasteiger partial charge in [0.25, 0.3) is 0 Å². The summed E-state index contributed by atoms with van der Waals surface area (Å²) < 4.78 is 9.98. The first-order valence-corrected chi connectivity index (χ1v) is 9.65. The highest BCUT2D eigenvalue weighted by atomic mass is 32.1. The Bertz CT molecular complexity index is 979. The van der Waals surface area contributed by atoms with Crippen molar-refractivity contribution in [3.05, 3.63) is 64.9 Å². The van der Waals surface area contributed by atoms with Gasteiger partial charge in [0.05, 0.1) is 13.8 Å². The van der Waals surface area contributed by atoms with Crippen LogP contribution in [0.2, 0.25) is 0 Å². The Labute approximate surface area is 164 Å². The van der Waals surface area contributed by atoms with E-state index in [-0.39, 0.29) is 0 Å². The monoisotopic (exact) mass is 380 g/mol. The molecule has 1 aliphatic heterocycles. The fourth-order valence-corrected chi connectivity index (χ4v) is 4.00. The van der Waals surface area contributed by atoms with Crippen molar-refractivity contribution in [2.45, 2.75) is 25.6 Å². The van der Waals surface area contributed by atoms with Crippen LogP contribution in [-0.4, -0.2) is 32.9 Å². The standard InChI is InChI=1S/C21H24N4OS/c1-23-20(17-10-6-11-18(14-17)26-2)22-25(21(23)27)15-24-13-7-12-19(24)16-8-4-3-5-9-16/h3-6,8-11,14,19H,7,12-13,15H2,1-2H3. The van der Waals surface area contributed by atoms with E-state index in [0.29, 0.717) is 12.7 Å². The molecule has 27 heavy (non-hydrogen) atoms. The van der Waals surface area contributed by atoms with E-state index in [1.807, 2.05) is 40.6 Å². The molecule has 1 fully saturated rings. The predicted octanol–water partition coefficient (Wildman–Crippen LogP) is 4.42. The minimum atomic E-state index is 0.426. The fraction of sp³-hybridized carbons (Fsp3) is 0.333. The third kappa shape index (κ3) is 3.55. The van der Waals surface area contributed by atoms with Crippen LogP contribution in [0.1, 0.15) is 24.4 Å². The first kappa shape index (κ1) is 17.9. The number of aromatic nitrogens is 3. The van der Waals surface area contributed by atoms with Gasteiger partial charge in [-0.3, -0.25) is 4.90 Å². The molecule has 0 N–H and O–H groups in total. The highest BCUT2D eigenvalue weighted by Crippen LogP contribution is 2.32. The molecule has 3 aromatic rings. The Hall–Kier alpha value is -2.44. The largest absolute Gasteiger partial charge is 0.497 e. The lowest BCUT2D eigenvalue weighted by Crippen LogP contribution is -2.27. The summed E-state index contributed by atoms with van der Waals surface area (Å²) in [7, 11) is 3.65. The molecule has 5 nitrogen and oxygen atoms in total. The highest BCUT2D eigenvalue weighted by molar-refractivity contribution is 7.71. The van der Waals surface area contributed by atoms with Crippen LogP contribution in [0.15, 0.2) is 54.6 Å². The van der Waals surface area contributed by atoms with Gasteiger partial charge in [0.1, 0.15) is 5.75 Å². The van der Waals surface area contributed by atoms with Crippen molar-refractivity contribution in [3.63, 3.8) is 0 Å². The zero-order valence-electron chi connectivity index (χ0n) is 15.7. The van der Waals surface area contributed by atoms with Gasteiger partial charge in [0, 0.05) is 25.2 Å². The number of nitrogens with zero attached hydrogens (tertiary/aromatic N) is 4. The van der Waals surface area contributed by atoms with E-state index in [1.165, 1.54) is 18.4 Å².